The molecule has 2 rings (SSSR count). The predicted octanol–water partition coefficient (Wildman–Crippen LogP) is 1.29. The minimum Gasteiger partial charge on any atom is -0.365 e. The lowest BCUT2D eigenvalue weighted by Gasteiger charge is -2.10. The van der Waals surface area contributed by atoms with E-state index in [9.17, 15) is 9.59 Å². The fraction of sp³-hybridized carbons (Fsp3) is 0.400. The van der Waals surface area contributed by atoms with E-state index in [1.807, 2.05) is 0 Å². The summed E-state index contributed by atoms with van der Waals surface area (Å²) in [5.74, 6) is -0.446. The summed E-state index contributed by atoms with van der Waals surface area (Å²) in [6.07, 6.45) is 4.70. The number of nitrogens with one attached hydrogen (secondary N) is 1. The van der Waals surface area contributed by atoms with Crippen LogP contribution < -0.4 is 11.1 Å². The third-order valence-corrected chi connectivity index (χ3v) is 3.83. The summed E-state index contributed by atoms with van der Waals surface area (Å²) in [6, 6.07) is 0. The first-order chi connectivity index (χ1) is 7.24. The summed E-state index contributed by atoms with van der Waals surface area (Å²) >= 11 is 1.47. The lowest BCUT2D eigenvalue weighted by Crippen LogP contribution is -2.15. The molecule has 0 aliphatic heterocycles. The molecule has 0 saturated carbocycles. The Morgan fingerprint density at radius 2 is 2.13 bits per heavy atom. The van der Waals surface area contributed by atoms with Crippen LogP contribution in [0, 0.1) is 0 Å². The molecular weight excluding hydrogens is 212 g/mol. The lowest BCUT2D eigenvalue weighted by atomic mass is 9.95. The molecule has 1 aromatic rings. The third-order valence-electron chi connectivity index (χ3n) is 2.61. The quantitative estimate of drug-likeness (QED) is 0.759. The van der Waals surface area contributed by atoms with E-state index in [4.69, 9.17) is 5.73 Å². The fourth-order valence-corrected chi connectivity index (χ4v) is 3.23. The average molecular weight is 224 g/mol. The van der Waals surface area contributed by atoms with E-state index >= 15 is 0 Å². The van der Waals surface area contributed by atoms with Crippen molar-refractivity contribution in [2.24, 2.45) is 5.73 Å². The van der Waals surface area contributed by atoms with Gasteiger partial charge in [0.1, 0.15) is 5.00 Å². The molecular formula is C10H12N2O2S. The van der Waals surface area contributed by atoms with Crippen LogP contribution in [0.2, 0.25) is 0 Å². The minimum absolute atomic E-state index is 0.446. The molecule has 0 unspecified atom stereocenters. The standard InChI is InChI=1S/C10H12N2O2S/c11-9(14)8-6-3-1-2-4-7(6)15-10(8)12-5-13/h5H,1-4H2,(H2,11,14)(H,12,13). The molecule has 1 aromatic heterocycles. The van der Waals surface area contributed by atoms with E-state index in [1.165, 1.54) is 16.2 Å². The van der Waals surface area contributed by atoms with Crippen LogP contribution in [0.5, 0.6) is 0 Å². The fourth-order valence-electron chi connectivity index (χ4n) is 1.98. The number of carbonyl (C=O) groups excluding carboxylic acids is 2. The number of amides is 2. The van der Waals surface area contributed by atoms with Crippen molar-refractivity contribution in [3.05, 3.63) is 16.0 Å². The number of carbonyl (C=O) groups is 2. The zero-order valence-electron chi connectivity index (χ0n) is 8.21. The second-order valence-electron chi connectivity index (χ2n) is 3.54. The highest BCUT2D eigenvalue weighted by Crippen LogP contribution is 2.37. The van der Waals surface area contributed by atoms with E-state index < -0.39 is 5.91 Å². The number of rotatable bonds is 3. The lowest BCUT2D eigenvalue weighted by molar-refractivity contribution is -0.105. The Balaban J connectivity index is 2.50. The first kappa shape index (κ1) is 10.2. The van der Waals surface area contributed by atoms with Crippen LogP contribution in [0.1, 0.15) is 33.6 Å². The molecule has 0 spiro atoms. The van der Waals surface area contributed by atoms with Gasteiger partial charge in [-0.15, -0.1) is 11.3 Å². The first-order valence-corrected chi connectivity index (χ1v) is 5.70. The molecule has 2 amide bonds. The number of anilines is 1. The Bertz CT molecular complexity index is 412. The molecule has 0 radical (unpaired) electrons. The summed E-state index contributed by atoms with van der Waals surface area (Å²) in [7, 11) is 0. The van der Waals surface area contributed by atoms with Crippen molar-refractivity contribution in [3.63, 3.8) is 0 Å². The summed E-state index contributed by atoms with van der Waals surface area (Å²) < 4.78 is 0. The molecule has 1 aliphatic rings. The second kappa shape index (κ2) is 4.02. The number of thiophene rings is 1. The van der Waals surface area contributed by atoms with Crippen LogP contribution in [0.15, 0.2) is 0 Å². The number of hydrogen-bond donors (Lipinski definition) is 2. The Morgan fingerprint density at radius 1 is 1.40 bits per heavy atom. The van der Waals surface area contributed by atoms with Crippen LogP contribution in [-0.2, 0) is 17.6 Å². The van der Waals surface area contributed by atoms with Crippen molar-refractivity contribution in [3.8, 4) is 0 Å². The van der Waals surface area contributed by atoms with Gasteiger partial charge in [-0.1, -0.05) is 0 Å². The number of hydrogen-bond acceptors (Lipinski definition) is 3. The molecule has 1 aliphatic carbocycles. The normalized spacial score (nSPS) is 14.4. The highest BCUT2D eigenvalue weighted by molar-refractivity contribution is 7.16. The molecule has 15 heavy (non-hydrogen) atoms. The maximum Gasteiger partial charge on any atom is 0.251 e. The Morgan fingerprint density at radius 3 is 2.80 bits per heavy atom. The molecule has 4 nitrogen and oxygen atoms in total. The van der Waals surface area contributed by atoms with Crippen molar-refractivity contribution in [1.82, 2.24) is 0 Å². The third kappa shape index (κ3) is 1.74. The molecule has 0 atom stereocenters. The van der Waals surface area contributed by atoms with E-state index in [0.29, 0.717) is 17.0 Å². The van der Waals surface area contributed by atoms with Crippen molar-refractivity contribution in [2.75, 3.05) is 5.32 Å². The molecule has 0 bridgehead atoms. The predicted molar refractivity (Wildman–Crippen MR) is 59.2 cm³/mol. The average Bonchev–Trinajstić information content (AvgIpc) is 2.56. The van der Waals surface area contributed by atoms with Gasteiger partial charge >= 0.3 is 0 Å². The van der Waals surface area contributed by atoms with Gasteiger partial charge in [0.15, 0.2) is 0 Å². The van der Waals surface area contributed by atoms with Crippen LogP contribution >= 0.6 is 11.3 Å². The highest BCUT2D eigenvalue weighted by atomic mass is 32.1. The van der Waals surface area contributed by atoms with Gasteiger partial charge in [-0.3, -0.25) is 9.59 Å². The highest BCUT2D eigenvalue weighted by Gasteiger charge is 2.23. The van der Waals surface area contributed by atoms with Crippen LogP contribution in [0.3, 0.4) is 0 Å². The van der Waals surface area contributed by atoms with Gasteiger partial charge in [-0.05, 0) is 31.2 Å². The monoisotopic (exact) mass is 224 g/mol. The molecule has 0 fully saturated rings. The Hall–Kier alpha value is -1.36. The van der Waals surface area contributed by atoms with E-state index in [-0.39, 0.29) is 0 Å². The van der Waals surface area contributed by atoms with Gasteiger partial charge in [0.05, 0.1) is 5.56 Å². The molecule has 0 aromatic carbocycles. The second-order valence-corrected chi connectivity index (χ2v) is 4.65. The Kier molecular flexibility index (Phi) is 2.73. The van der Waals surface area contributed by atoms with Crippen molar-refractivity contribution in [2.45, 2.75) is 25.7 Å². The number of aryl methyl sites for hydroxylation is 1. The zero-order valence-corrected chi connectivity index (χ0v) is 9.02. The van der Waals surface area contributed by atoms with Gasteiger partial charge in [-0.25, -0.2) is 0 Å². The van der Waals surface area contributed by atoms with E-state index in [2.05, 4.69) is 5.32 Å². The molecule has 0 saturated heterocycles. The summed E-state index contributed by atoms with van der Waals surface area (Å²) in [4.78, 5) is 22.9. The van der Waals surface area contributed by atoms with Crippen molar-refractivity contribution < 1.29 is 9.59 Å². The topological polar surface area (TPSA) is 72.2 Å². The number of primary amides is 1. The Labute approximate surface area is 91.5 Å². The van der Waals surface area contributed by atoms with Crippen molar-refractivity contribution >= 4 is 28.7 Å². The van der Waals surface area contributed by atoms with Gasteiger partial charge < -0.3 is 11.1 Å². The van der Waals surface area contributed by atoms with Crippen LogP contribution in [-0.4, -0.2) is 12.3 Å². The van der Waals surface area contributed by atoms with Gasteiger partial charge in [0, 0.05) is 4.88 Å². The van der Waals surface area contributed by atoms with E-state index in [1.54, 1.807) is 0 Å². The maximum atomic E-state index is 11.3. The first-order valence-electron chi connectivity index (χ1n) is 4.88. The summed E-state index contributed by atoms with van der Waals surface area (Å²) in [5.41, 5.74) is 6.89. The molecule has 5 heteroatoms. The molecule has 3 N–H and O–H groups in total. The van der Waals surface area contributed by atoms with E-state index in [0.717, 1.165) is 31.2 Å². The van der Waals surface area contributed by atoms with Gasteiger partial charge in [0.25, 0.3) is 5.91 Å². The smallest absolute Gasteiger partial charge is 0.251 e. The molecule has 1 heterocycles. The number of nitrogens with two attached hydrogens (primary N) is 1. The summed E-state index contributed by atoms with van der Waals surface area (Å²) in [6.45, 7) is 0. The van der Waals surface area contributed by atoms with Crippen LogP contribution in [0.25, 0.3) is 0 Å². The largest absolute Gasteiger partial charge is 0.365 e. The molecule has 80 valence electrons. The SMILES string of the molecule is NC(=O)c1c(NC=O)sc2c1CCCC2. The van der Waals surface area contributed by atoms with Gasteiger partial charge in [-0.2, -0.15) is 0 Å². The maximum absolute atomic E-state index is 11.3. The number of fused-ring (bicyclic) bond motifs is 1. The summed E-state index contributed by atoms with van der Waals surface area (Å²) in [5, 5.41) is 3.15. The minimum atomic E-state index is -0.446. The van der Waals surface area contributed by atoms with Crippen molar-refractivity contribution in [1.29, 1.82) is 0 Å². The zero-order chi connectivity index (χ0) is 10.8. The van der Waals surface area contributed by atoms with Crippen LogP contribution in [0.4, 0.5) is 5.00 Å². The van der Waals surface area contributed by atoms with Gasteiger partial charge in [0.2, 0.25) is 6.41 Å².